The van der Waals surface area contributed by atoms with Crippen molar-refractivity contribution in [3.05, 3.63) is 81.2 Å². The largest absolute Gasteiger partial charge is 0.497 e. The molecule has 0 saturated carbocycles. The van der Waals surface area contributed by atoms with Crippen molar-refractivity contribution < 1.29 is 9.53 Å². The maximum atomic E-state index is 13.0. The number of carbonyl (C=O) groups excluding carboxylic acids is 1. The highest BCUT2D eigenvalue weighted by atomic mass is 79.9. The summed E-state index contributed by atoms with van der Waals surface area (Å²) in [6.45, 7) is 0. The lowest BCUT2D eigenvalue weighted by molar-refractivity contribution is -0.116. The minimum absolute atomic E-state index is 0.0814. The number of methoxy groups -OCH3 is 1. The number of carbonyl (C=O) groups is 1. The van der Waals surface area contributed by atoms with Crippen LogP contribution in [0.4, 0.5) is 5.69 Å². The van der Waals surface area contributed by atoms with Crippen LogP contribution in [0.15, 0.2) is 75.7 Å². The fraction of sp³-hybridized carbons (Fsp3) is 0.217. The molecule has 1 aliphatic carbocycles. The minimum atomic E-state index is -0.439. The van der Waals surface area contributed by atoms with Crippen LogP contribution in [0.2, 0.25) is 0 Å². The number of benzene rings is 2. The molecule has 1 aliphatic heterocycles. The van der Waals surface area contributed by atoms with Gasteiger partial charge in [0, 0.05) is 27.9 Å². The summed E-state index contributed by atoms with van der Waals surface area (Å²) >= 11 is 3.45. The highest BCUT2D eigenvalue weighted by Gasteiger charge is 2.40. The Morgan fingerprint density at radius 2 is 1.83 bits per heavy atom. The normalized spacial score (nSPS) is 19.1. The van der Waals surface area contributed by atoms with Crippen LogP contribution in [-0.2, 0) is 4.79 Å². The average Bonchev–Trinajstić information content (AvgIpc) is 2.74. The van der Waals surface area contributed by atoms with Crippen molar-refractivity contribution >= 4 is 27.4 Å². The summed E-state index contributed by atoms with van der Waals surface area (Å²) in [5.74, 6) is 0.748. The third-order valence-corrected chi connectivity index (χ3v) is 5.98. The number of anilines is 1. The Hall–Kier alpha value is -3.04. The quantitative estimate of drug-likeness (QED) is 0.730. The van der Waals surface area contributed by atoms with Crippen LogP contribution in [0.3, 0.4) is 0 Å². The number of nitriles is 1. The number of nitrogens with zero attached hydrogens (tertiary/aromatic N) is 2. The molecule has 0 fully saturated rings. The number of halogens is 1. The maximum Gasteiger partial charge on any atom is 0.161 e. The summed E-state index contributed by atoms with van der Waals surface area (Å²) < 4.78 is 6.19. The zero-order valence-electron chi connectivity index (χ0n) is 16.0. The Balaban J connectivity index is 1.92. The molecule has 6 heteroatoms. The van der Waals surface area contributed by atoms with E-state index in [0.717, 1.165) is 40.0 Å². The third kappa shape index (κ3) is 3.32. The predicted octanol–water partition coefficient (Wildman–Crippen LogP) is 4.76. The molecule has 2 aromatic rings. The van der Waals surface area contributed by atoms with Crippen LogP contribution in [-0.4, -0.2) is 12.9 Å². The molecule has 5 nitrogen and oxygen atoms in total. The van der Waals surface area contributed by atoms with E-state index in [-0.39, 0.29) is 5.78 Å². The van der Waals surface area contributed by atoms with Gasteiger partial charge < -0.3 is 10.5 Å². The fourth-order valence-electron chi connectivity index (χ4n) is 4.10. The lowest BCUT2D eigenvalue weighted by Crippen LogP contribution is -2.38. The lowest BCUT2D eigenvalue weighted by atomic mass is 9.75. The molecule has 0 spiro atoms. The average molecular weight is 450 g/mol. The van der Waals surface area contributed by atoms with E-state index in [9.17, 15) is 10.1 Å². The number of hydrogen-bond donors (Lipinski definition) is 1. The van der Waals surface area contributed by atoms with E-state index in [4.69, 9.17) is 10.5 Å². The van der Waals surface area contributed by atoms with Gasteiger partial charge in [0.1, 0.15) is 11.6 Å². The Morgan fingerprint density at radius 1 is 1.14 bits per heavy atom. The van der Waals surface area contributed by atoms with Crippen molar-refractivity contribution in [3.8, 4) is 11.8 Å². The molecule has 2 N–H and O–H groups in total. The second kappa shape index (κ2) is 7.76. The van der Waals surface area contributed by atoms with Gasteiger partial charge >= 0.3 is 0 Å². The van der Waals surface area contributed by atoms with Crippen molar-refractivity contribution in [1.29, 1.82) is 5.26 Å². The summed E-state index contributed by atoms with van der Waals surface area (Å²) in [5, 5.41) is 9.99. The van der Waals surface area contributed by atoms with Gasteiger partial charge in [0.25, 0.3) is 0 Å². The van der Waals surface area contributed by atoms with Crippen molar-refractivity contribution in [2.45, 2.75) is 25.2 Å². The zero-order chi connectivity index (χ0) is 20.5. The first-order valence-corrected chi connectivity index (χ1v) is 10.2. The molecule has 1 heterocycles. The molecular formula is C23H20BrN3O2. The van der Waals surface area contributed by atoms with E-state index in [1.54, 1.807) is 7.11 Å². The maximum absolute atomic E-state index is 13.0. The molecule has 2 aliphatic rings. The summed E-state index contributed by atoms with van der Waals surface area (Å²) in [7, 11) is 1.61. The summed E-state index contributed by atoms with van der Waals surface area (Å²) in [4.78, 5) is 14.9. The van der Waals surface area contributed by atoms with Crippen molar-refractivity contribution in [2.24, 2.45) is 5.73 Å². The van der Waals surface area contributed by atoms with Crippen molar-refractivity contribution in [2.75, 3.05) is 12.0 Å². The van der Waals surface area contributed by atoms with Crippen LogP contribution in [0.25, 0.3) is 0 Å². The molecule has 0 bridgehead atoms. The third-order valence-electron chi connectivity index (χ3n) is 5.45. The standard InChI is InChI=1S/C23H20BrN3O2/c1-29-17-11-9-16(10-12-17)27-19-3-2-4-20(28)22(19)21(18(13-25)23(27)26)14-5-7-15(24)8-6-14/h5-12,21H,2-4,26H2,1H3/t21-/m1/s1. The Bertz CT molecular complexity index is 1060. The van der Waals surface area contributed by atoms with Crippen LogP contribution in [0.5, 0.6) is 5.75 Å². The first-order chi connectivity index (χ1) is 14.0. The van der Waals surface area contributed by atoms with E-state index in [0.29, 0.717) is 23.4 Å². The van der Waals surface area contributed by atoms with Crippen molar-refractivity contribution in [3.63, 3.8) is 0 Å². The van der Waals surface area contributed by atoms with Gasteiger partial charge in [-0.05, 0) is 54.8 Å². The first-order valence-electron chi connectivity index (χ1n) is 9.40. The smallest absolute Gasteiger partial charge is 0.161 e. The summed E-state index contributed by atoms with van der Waals surface area (Å²) in [6, 6.07) is 17.5. The van der Waals surface area contributed by atoms with Gasteiger partial charge in [-0.2, -0.15) is 5.26 Å². The van der Waals surface area contributed by atoms with Crippen LogP contribution < -0.4 is 15.4 Å². The SMILES string of the molecule is COc1ccc(N2C(N)=C(C#N)[C@@H](c3ccc(Br)cc3)C3=C2CCCC3=O)cc1. The molecule has 146 valence electrons. The molecule has 0 unspecified atom stereocenters. The molecule has 2 aromatic carbocycles. The molecule has 4 rings (SSSR count). The number of ketones is 1. The van der Waals surface area contributed by atoms with Gasteiger partial charge in [-0.1, -0.05) is 28.1 Å². The molecule has 0 saturated heterocycles. The van der Waals surface area contributed by atoms with E-state index in [1.807, 2.05) is 53.4 Å². The van der Waals surface area contributed by atoms with E-state index < -0.39 is 5.92 Å². The second-order valence-corrected chi connectivity index (χ2v) is 7.98. The van der Waals surface area contributed by atoms with Crippen molar-refractivity contribution in [1.82, 2.24) is 0 Å². The van der Waals surface area contributed by atoms with Crippen LogP contribution in [0, 0.1) is 11.3 Å². The molecule has 0 amide bonds. The Morgan fingerprint density at radius 3 is 2.45 bits per heavy atom. The molecule has 29 heavy (non-hydrogen) atoms. The Kier molecular flexibility index (Phi) is 5.16. The summed E-state index contributed by atoms with van der Waals surface area (Å²) in [5.41, 5.74) is 10.2. The number of allylic oxidation sites excluding steroid dienone is 3. The number of Topliss-reactive ketones (excluding diaryl/α,β-unsaturated/α-hetero) is 1. The van der Waals surface area contributed by atoms with Crippen LogP contribution in [0.1, 0.15) is 30.7 Å². The molecule has 0 aromatic heterocycles. The number of hydrogen-bond acceptors (Lipinski definition) is 5. The lowest BCUT2D eigenvalue weighted by Gasteiger charge is -2.39. The van der Waals surface area contributed by atoms with Gasteiger partial charge in [-0.3, -0.25) is 9.69 Å². The number of ether oxygens (including phenoxy) is 1. The zero-order valence-corrected chi connectivity index (χ0v) is 17.6. The fourth-order valence-corrected chi connectivity index (χ4v) is 4.37. The van der Waals surface area contributed by atoms with Gasteiger partial charge in [-0.25, -0.2) is 0 Å². The predicted molar refractivity (Wildman–Crippen MR) is 115 cm³/mol. The monoisotopic (exact) mass is 449 g/mol. The molecule has 1 atom stereocenters. The van der Waals surface area contributed by atoms with Gasteiger partial charge in [-0.15, -0.1) is 0 Å². The first kappa shape index (κ1) is 19.3. The Labute approximate surface area is 178 Å². The van der Waals surface area contributed by atoms with E-state index >= 15 is 0 Å². The molecular weight excluding hydrogens is 430 g/mol. The summed E-state index contributed by atoms with van der Waals surface area (Å²) in [6.07, 6.45) is 1.99. The minimum Gasteiger partial charge on any atom is -0.497 e. The van der Waals surface area contributed by atoms with Crippen LogP contribution >= 0.6 is 15.9 Å². The molecule has 0 radical (unpaired) electrons. The highest BCUT2D eigenvalue weighted by molar-refractivity contribution is 9.10. The number of rotatable bonds is 3. The van der Waals surface area contributed by atoms with Gasteiger partial charge in [0.15, 0.2) is 5.78 Å². The van der Waals surface area contributed by atoms with Gasteiger partial charge in [0.2, 0.25) is 0 Å². The number of nitrogens with two attached hydrogens (primary N) is 1. The van der Waals surface area contributed by atoms with Gasteiger partial charge in [0.05, 0.1) is 24.7 Å². The van der Waals surface area contributed by atoms with E-state index in [1.165, 1.54) is 0 Å². The topological polar surface area (TPSA) is 79.3 Å². The van der Waals surface area contributed by atoms with E-state index in [2.05, 4.69) is 22.0 Å². The second-order valence-electron chi connectivity index (χ2n) is 7.07. The highest BCUT2D eigenvalue weighted by Crippen LogP contribution is 2.46.